The Morgan fingerprint density at radius 1 is 0.536 bits per heavy atom. The molecule has 0 bridgehead atoms. The zero-order valence-corrected chi connectivity index (χ0v) is 47.9. The Labute approximate surface area is 485 Å². The number of nitrogens with zero attached hydrogens (tertiary/aromatic N) is 2. The second-order valence-corrected chi connectivity index (χ2v) is 20.8. The summed E-state index contributed by atoms with van der Waals surface area (Å²) in [6.45, 7) is 6.02. The monoisotopic (exact) mass is 1200 g/mol. The summed E-state index contributed by atoms with van der Waals surface area (Å²) in [5, 5.41) is 48.4. The van der Waals surface area contributed by atoms with Crippen LogP contribution >= 0.6 is 0 Å². The molecule has 0 spiro atoms. The van der Waals surface area contributed by atoms with Crippen molar-refractivity contribution in [1.29, 1.82) is 0 Å². The third kappa shape index (κ3) is 28.1. The van der Waals surface area contributed by atoms with E-state index in [0.717, 1.165) is 6.92 Å². The van der Waals surface area contributed by atoms with Gasteiger partial charge in [-0.25, -0.2) is 4.79 Å². The van der Waals surface area contributed by atoms with E-state index in [9.17, 15) is 77.3 Å². The molecule has 0 aromatic rings. The lowest BCUT2D eigenvalue weighted by Crippen LogP contribution is -2.61. The van der Waals surface area contributed by atoms with Gasteiger partial charge in [-0.05, 0) is 103 Å². The summed E-state index contributed by atoms with van der Waals surface area (Å²) in [6, 6.07) is -14.9. The number of amides is 12. The molecule has 1 heterocycles. The van der Waals surface area contributed by atoms with Crippen LogP contribution in [0.5, 0.6) is 0 Å². The minimum absolute atomic E-state index is 0.00392. The summed E-state index contributed by atoms with van der Waals surface area (Å²) in [4.78, 5) is 187. The lowest BCUT2D eigenvalue weighted by Gasteiger charge is -2.31. The van der Waals surface area contributed by atoms with Gasteiger partial charge in [0.2, 0.25) is 70.9 Å². The molecule has 0 aromatic heterocycles. The number of aliphatic imine (C=N–C) groups is 1. The number of hydrogen-bond donors (Lipinski definition) is 18. The van der Waals surface area contributed by atoms with Crippen LogP contribution in [0.3, 0.4) is 0 Å². The van der Waals surface area contributed by atoms with E-state index in [-0.39, 0.29) is 76.5 Å². The molecule has 1 saturated heterocycles. The number of aliphatic carboxylic acids is 2. The lowest BCUT2D eigenvalue weighted by atomic mass is 10.0. The molecule has 25 N–H and O–H groups in total. The van der Waals surface area contributed by atoms with E-state index in [4.69, 9.17) is 45.2 Å². The zero-order valence-electron chi connectivity index (χ0n) is 47.9. The highest BCUT2D eigenvalue weighted by molar-refractivity contribution is 5.99. The quantitative estimate of drug-likeness (QED) is 0.0154. The van der Waals surface area contributed by atoms with Gasteiger partial charge in [0.25, 0.3) is 0 Å². The molecule has 0 saturated carbocycles. The molecule has 474 valence electrons. The van der Waals surface area contributed by atoms with E-state index in [1.54, 1.807) is 13.8 Å². The summed E-state index contributed by atoms with van der Waals surface area (Å²) < 4.78 is 0. The van der Waals surface area contributed by atoms with Crippen molar-refractivity contribution in [3.05, 3.63) is 0 Å². The third-order valence-corrected chi connectivity index (χ3v) is 13.1. The number of aliphatic hydroxyl groups is 1. The average molecular weight is 1200 g/mol. The topological polar surface area (TPSA) is 594 Å². The summed E-state index contributed by atoms with van der Waals surface area (Å²) in [6.07, 6.45) is -4.12. The first-order valence-corrected chi connectivity index (χ1v) is 27.5. The fourth-order valence-corrected chi connectivity index (χ4v) is 8.48. The number of carboxylic acid groups (broad SMARTS) is 2. The summed E-state index contributed by atoms with van der Waals surface area (Å²) >= 11 is 0. The van der Waals surface area contributed by atoms with Gasteiger partial charge in [0.15, 0.2) is 5.96 Å². The van der Waals surface area contributed by atoms with Crippen molar-refractivity contribution in [1.82, 2.24) is 47.4 Å². The molecule has 1 rings (SSSR count). The number of guanidine groups is 1. The van der Waals surface area contributed by atoms with Crippen LogP contribution in [0.1, 0.15) is 130 Å². The minimum atomic E-state index is -1.73. The summed E-state index contributed by atoms with van der Waals surface area (Å²) in [5.41, 5.74) is 38.3. The molecule has 11 atom stereocenters. The number of carboxylic acids is 2. The van der Waals surface area contributed by atoms with Crippen molar-refractivity contribution in [3.8, 4) is 0 Å². The Morgan fingerprint density at radius 3 is 1.46 bits per heavy atom. The Balaban J connectivity index is 3.46. The van der Waals surface area contributed by atoms with Gasteiger partial charge in [-0.15, -0.1) is 0 Å². The second kappa shape index (κ2) is 37.8. The molecule has 1 aliphatic heterocycles. The van der Waals surface area contributed by atoms with Crippen molar-refractivity contribution in [2.45, 2.75) is 197 Å². The van der Waals surface area contributed by atoms with E-state index < -0.39 is 194 Å². The molecule has 34 nitrogen and oxygen atoms in total. The van der Waals surface area contributed by atoms with Gasteiger partial charge in [0.1, 0.15) is 54.4 Å². The van der Waals surface area contributed by atoms with E-state index in [1.807, 2.05) is 0 Å². The predicted octanol–water partition coefficient (Wildman–Crippen LogP) is -7.44. The maximum atomic E-state index is 14.4. The normalized spacial score (nSPS) is 16.4. The van der Waals surface area contributed by atoms with Crippen LogP contribution in [-0.4, -0.2) is 195 Å². The molecule has 0 aromatic carbocycles. The maximum absolute atomic E-state index is 14.4. The molecule has 34 heteroatoms. The number of nitrogens with two attached hydrogens (primary N) is 7. The molecular weight excluding hydrogens is 1110 g/mol. The van der Waals surface area contributed by atoms with Crippen LogP contribution in [0.4, 0.5) is 0 Å². The number of aliphatic hydroxyl groups excluding tert-OH is 1. The maximum Gasteiger partial charge on any atom is 0.326 e. The van der Waals surface area contributed by atoms with Crippen LogP contribution in [0.2, 0.25) is 0 Å². The van der Waals surface area contributed by atoms with Crippen LogP contribution in [0.25, 0.3) is 0 Å². The Morgan fingerprint density at radius 2 is 1.00 bits per heavy atom. The van der Waals surface area contributed by atoms with Crippen molar-refractivity contribution < 1.29 is 82.4 Å². The second-order valence-electron chi connectivity index (χ2n) is 20.8. The number of carbonyl (C=O) groups excluding carboxylic acids is 12. The Kier molecular flexibility index (Phi) is 33.1. The number of hydrogen-bond acceptors (Lipinski definition) is 18. The summed E-state index contributed by atoms with van der Waals surface area (Å²) in [5.74, 6) is -14.6. The van der Waals surface area contributed by atoms with Crippen molar-refractivity contribution in [3.63, 3.8) is 0 Å². The molecule has 1 fully saturated rings. The van der Waals surface area contributed by atoms with E-state index in [1.165, 1.54) is 11.8 Å². The first-order valence-electron chi connectivity index (χ1n) is 27.5. The third-order valence-electron chi connectivity index (χ3n) is 13.1. The highest BCUT2D eigenvalue weighted by Crippen LogP contribution is 2.21. The number of primary amides is 3. The largest absolute Gasteiger partial charge is 0.481 e. The van der Waals surface area contributed by atoms with Gasteiger partial charge < -0.3 is 103 Å². The van der Waals surface area contributed by atoms with E-state index >= 15 is 0 Å². The molecule has 0 radical (unpaired) electrons. The number of carbonyl (C=O) groups is 14. The standard InChI is InChI=1S/C50H87N17O17/c1-24(2)23-33(65-40(74)25(3)59-42(76)29(13-16-35(53)69)63-47(81)39(26(4)68)66-41(75)27(52)12-19-38(72)73)48(82)67-22-8-11-34(67)46(80)62-31(15-18-37(55)71)44(78)60-28(10-7-21-58-50(56)57)43(77)61-30(14-17-36(54)70)45(79)64-32(49(83)84)9-5-6-20-51/h24-34,39,68H,5-23,51-52H2,1-4H3,(H2,53,69)(H2,54,70)(H2,55,71)(H,59,76)(H,60,78)(H,61,77)(H,62,80)(H,63,81)(H,64,79)(H,65,74)(H,66,75)(H,72,73)(H,83,84)(H4,56,57,58)/t25-,26+,27-,28-,29-,30-,31-,32-,33-,34-,39-/m0/s1. The van der Waals surface area contributed by atoms with Gasteiger partial charge in [0, 0.05) is 38.8 Å². The number of likely N-dealkylation sites (tertiary alicyclic amines) is 1. The molecule has 0 unspecified atom stereocenters. The first-order chi connectivity index (χ1) is 39.3. The van der Waals surface area contributed by atoms with Crippen molar-refractivity contribution in [2.24, 2.45) is 51.0 Å². The van der Waals surface area contributed by atoms with Gasteiger partial charge in [-0.1, -0.05) is 13.8 Å². The predicted molar refractivity (Wildman–Crippen MR) is 298 cm³/mol. The molecular formula is C50H87N17O17. The fraction of sp³-hybridized carbons (Fsp3) is 0.700. The SMILES string of the molecule is CC(C)C[C@H](NC(=O)[C@H](C)NC(=O)[C@H](CCC(N)=O)NC(=O)[C@@H](NC(=O)[C@@H](N)CCC(=O)O)[C@@H](C)O)C(=O)N1CCC[C@H]1C(=O)N[C@@H](CCC(N)=O)C(=O)N[C@@H](CCCN=C(N)N)C(=O)N[C@@H](CCC(N)=O)C(=O)N[C@@H](CCCCN)C(=O)O. The van der Waals surface area contributed by atoms with Gasteiger partial charge >= 0.3 is 11.9 Å². The Bertz CT molecular complexity index is 2350. The average Bonchev–Trinajstić information content (AvgIpc) is 3.89. The minimum Gasteiger partial charge on any atom is -0.481 e. The highest BCUT2D eigenvalue weighted by Gasteiger charge is 2.41. The lowest BCUT2D eigenvalue weighted by molar-refractivity contribution is -0.143. The number of rotatable bonds is 41. The van der Waals surface area contributed by atoms with E-state index in [0.29, 0.717) is 12.8 Å². The van der Waals surface area contributed by atoms with E-state index in [2.05, 4.69) is 47.5 Å². The van der Waals surface area contributed by atoms with Crippen LogP contribution in [-0.2, 0) is 67.1 Å². The van der Waals surface area contributed by atoms with Crippen LogP contribution < -0.4 is 82.7 Å². The van der Waals surface area contributed by atoms with Gasteiger partial charge in [-0.2, -0.15) is 0 Å². The van der Waals surface area contributed by atoms with Crippen molar-refractivity contribution in [2.75, 3.05) is 19.6 Å². The number of nitrogens with one attached hydrogen (secondary N) is 8. The molecule has 1 aliphatic rings. The van der Waals surface area contributed by atoms with Crippen LogP contribution in [0.15, 0.2) is 4.99 Å². The zero-order chi connectivity index (χ0) is 64.0. The molecule has 0 aliphatic carbocycles. The van der Waals surface area contributed by atoms with Crippen LogP contribution in [0, 0.1) is 5.92 Å². The summed E-state index contributed by atoms with van der Waals surface area (Å²) in [7, 11) is 0. The first kappa shape index (κ1) is 73.7. The number of unbranched alkanes of at least 4 members (excludes halogenated alkanes) is 1. The fourth-order valence-electron chi connectivity index (χ4n) is 8.48. The Hall–Kier alpha value is -8.27. The van der Waals surface area contributed by atoms with Gasteiger partial charge in [0.05, 0.1) is 12.1 Å². The van der Waals surface area contributed by atoms with Crippen molar-refractivity contribution >= 4 is 88.8 Å². The smallest absolute Gasteiger partial charge is 0.326 e. The molecule has 84 heavy (non-hydrogen) atoms. The van der Waals surface area contributed by atoms with Gasteiger partial charge in [-0.3, -0.25) is 67.3 Å². The highest BCUT2D eigenvalue weighted by atomic mass is 16.4. The molecule has 12 amide bonds.